The fourth-order valence-electron chi connectivity index (χ4n) is 2.72. The van der Waals surface area contributed by atoms with Crippen molar-refractivity contribution in [3.05, 3.63) is 35.6 Å². The first-order valence-corrected chi connectivity index (χ1v) is 12.0. The third kappa shape index (κ3) is 10.5. The third-order valence-electron chi connectivity index (χ3n) is 4.64. The Labute approximate surface area is 204 Å². The molecule has 0 fully saturated rings. The number of carboxylic acids is 3. The normalized spacial score (nSPS) is 15.2. The van der Waals surface area contributed by atoms with Gasteiger partial charge in [-0.25, -0.2) is 18.8 Å². The average molecular weight is 535 g/mol. The number of hydrogen-bond donors (Lipinski definition) is 7. The lowest BCUT2D eigenvalue weighted by atomic mass is 10.0. The summed E-state index contributed by atoms with van der Waals surface area (Å²) in [6.45, 7) is 2.02. The molecule has 0 aliphatic rings. The van der Waals surface area contributed by atoms with Crippen LogP contribution in [-0.2, 0) is 28.3 Å². The largest absolute Gasteiger partial charge is 0.481 e. The number of carboxylic acid groups (broad SMARTS) is 3. The number of nitrogens with one attached hydrogen (secondary N) is 3. The van der Waals surface area contributed by atoms with Crippen LogP contribution in [0.2, 0.25) is 0 Å². The van der Waals surface area contributed by atoms with Gasteiger partial charge in [0, 0.05) is 12.0 Å². The molecule has 0 aliphatic heterocycles. The zero-order valence-corrected chi connectivity index (χ0v) is 20.1. The van der Waals surface area contributed by atoms with Crippen LogP contribution in [0.5, 0.6) is 0 Å². The van der Waals surface area contributed by atoms with Crippen LogP contribution in [0.4, 0.5) is 4.39 Å². The van der Waals surface area contributed by atoms with Crippen LogP contribution in [-0.4, -0.2) is 74.7 Å². The molecule has 0 saturated carbocycles. The summed E-state index contributed by atoms with van der Waals surface area (Å²) in [6, 6.07) is -0.492. The van der Waals surface area contributed by atoms with Crippen LogP contribution in [0.3, 0.4) is 0 Å². The van der Waals surface area contributed by atoms with E-state index in [4.69, 9.17) is 10.2 Å². The molecule has 0 aliphatic carbocycles. The first-order valence-electron chi connectivity index (χ1n) is 10.4. The molecule has 200 valence electrons. The second kappa shape index (κ2) is 13.6. The van der Waals surface area contributed by atoms with Gasteiger partial charge in [0.25, 0.3) is 5.91 Å². The molecule has 0 bridgehead atoms. The molecule has 0 saturated heterocycles. The van der Waals surface area contributed by atoms with Gasteiger partial charge in [0.15, 0.2) is 6.04 Å². The average Bonchev–Trinajstić information content (AvgIpc) is 2.77. The summed E-state index contributed by atoms with van der Waals surface area (Å²) in [5, 5.41) is 33.3. The van der Waals surface area contributed by atoms with E-state index in [0.29, 0.717) is 0 Å². The van der Waals surface area contributed by atoms with Crippen molar-refractivity contribution >= 4 is 37.5 Å². The minimum atomic E-state index is -4.95. The third-order valence-corrected chi connectivity index (χ3v) is 5.77. The molecule has 16 heteroatoms. The summed E-state index contributed by atoms with van der Waals surface area (Å²) in [4.78, 5) is 68.3. The molecule has 1 aromatic rings. The Morgan fingerprint density at radius 2 is 1.53 bits per heavy atom. The summed E-state index contributed by atoms with van der Waals surface area (Å²) in [5.41, 5.74) is 0.0381. The molecule has 7 N–H and O–H groups in total. The van der Waals surface area contributed by atoms with Crippen LogP contribution in [0, 0.1) is 11.7 Å². The number of carbonyl (C=O) groups excluding carboxylic acids is 2. The van der Waals surface area contributed by atoms with E-state index in [0.717, 1.165) is 12.1 Å². The molecule has 2 amide bonds. The fourth-order valence-corrected chi connectivity index (χ4v) is 3.78. The Balaban J connectivity index is 2.85. The van der Waals surface area contributed by atoms with Crippen LogP contribution in [0.15, 0.2) is 24.3 Å². The van der Waals surface area contributed by atoms with Crippen LogP contribution >= 0.6 is 7.75 Å². The predicted molar refractivity (Wildman–Crippen MR) is 119 cm³/mol. The van der Waals surface area contributed by atoms with Gasteiger partial charge < -0.3 is 30.8 Å². The van der Waals surface area contributed by atoms with Gasteiger partial charge in [-0.05, 0) is 36.6 Å². The molecule has 1 aromatic carbocycles. The van der Waals surface area contributed by atoms with E-state index >= 15 is 0 Å². The number of carbonyl (C=O) groups is 5. The quantitative estimate of drug-likeness (QED) is 0.149. The minimum Gasteiger partial charge on any atom is -0.481 e. The molecule has 1 unspecified atom stereocenters. The summed E-state index contributed by atoms with van der Waals surface area (Å²) in [7, 11) is -4.95. The van der Waals surface area contributed by atoms with Gasteiger partial charge in [0.2, 0.25) is 5.91 Å². The molecule has 0 spiro atoms. The molecular weight excluding hydrogens is 508 g/mol. The van der Waals surface area contributed by atoms with Crippen LogP contribution < -0.4 is 15.7 Å². The molecule has 4 atom stereocenters. The fraction of sp³-hybridized carbons (Fsp3) is 0.450. The summed E-state index contributed by atoms with van der Waals surface area (Å²) < 4.78 is 29.9. The van der Waals surface area contributed by atoms with Crippen molar-refractivity contribution in [2.24, 2.45) is 5.92 Å². The number of hydrogen-bond acceptors (Lipinski definition) is 7. The lowest BCUT2D eigenvalue weighted by molar-refractivity contribution is -0.143. The van der Waals surface area contributed by atoms with Crippen molar-refractivity contribution in [2.75, 3.05) is 6.61 Å². The summed E-state index contributed by atoms with van der Waals surface area (Å²) in [6.07, 6.45) is -1.21. The van der Waals surface area contributed by atoms with E-state index in [1.165, 1.54) is 12.1 Å². The highest BCUT2D eigenvalue weighted by molar-refractivity contribution is 7.50. The molecule has 36 heavy (non-hydrogen) atoms. The Morgan fingerprint density at radius 3 is 2.00 bits per heavy atom. The lowest BCUT2D eigenvalue weighted by Crippen LogP contribution is -2.54. The van der Waals surface area contributed by atoms with E-state index in [1.54, 1.807) is 18.9 Å². The maximum atomic E-state index is 13.1. The van der Waals surface area contributed by atoms with E-state index in [-0.39, 0.29) is 5.56 Å². The highest BCUT2D eigenvalue weighted by Gasteiger charge is 2.33. The molecule has 14 nitrogen and oxygen atoms in total. The standard InChI is InChI=1S/C20H27FN3O11P/c1-10(2)16(23-17(27)11-3-5-12(21)6-4-11)18(28)22-14(20(31)32)9-35-36(33,34)24-13(19(29)30)7-8-15(25)26/h3-6,10,13-14,16H,7-9H2,1-2H3,(H,22,28)(H,23,27)(H,25,26)(H,29,30)(H,31,32)(H2,24,33,34)/t13-,14-,16-/m0/s1. The molecule has 0 radical (unpaired) electrons. The van der Waals surface area contributed by atoms with Gasteiger partial charge in [0.05, 0.1) is 6.61 Å². The van der Waals surface area contributed by atoms with E-state index in [9.17, 15) is 42.9 Å². The van der Waals surface area contributed by atoms with Crippen molar-refractivity contribution in [2.45, 2.75) is 44.8 Å². The number of rotatable bonds is 15. The first kappa shape index (κ1) is 30.6. The van der Waals surface area contributed by atoms with Gasteiger partial charge >= 0.3 is 25.7 Å². The summed E-state index contributed by atoms with van der Waals surface area (Å²) in [5.74, 6) is -7.50. The Kier molecular flexibility index (Phi) is 11.6. The van der Waals surface area contributed by atoms with Crippen molar-refractivity contribution in [3.8, 4) is 0 Å². The van der Waals surface area contributed by atoms with Crippen molar-refractivity contribution < 1.29 is 57.7 Å². The zero-order chi connectivity index (χ0) is 27.6. The number of aliphatic carboxylic acids is 3. The Bertz CT molecular complexity index is 1020. The van der Waals surface area contributed by atoms with Crippen molar-refractivity contribution in [1.82, 2.24) is 15.7 Å². The maximum Gasteiger partial charge on any atom is 0.403 e. The van der Waals surface area contributed by atoms with Crippen LogP contribution in [0.25, 0.3) is 0 Å². The minimum absolute atomic E-state index is 0.0381. The highest BCUT2D eigenvalue weighted by Crippen LogP contribution is 2.38. The van der Waals surface area contributed by atoms with E-state index in [1.807, 2.05) is 0 Å². The summed E-state index contributed by atoms with van der Waals surface area (Å²) >= 11 is 0. The highest BCUT2D eigenvalue weighted by atomic mass is 31.2. The van der Waals surface area contributed by atoms with Crippen LogP contribution in [0.1, 0.15) is 37.0 Å². The van der Waals surface area contributed by atoms with Gasteiger partial charge in [-0.15, -0.1) is 0 Å². The van der Waals surface area contributed by atoms with Crippen molar-refractivity contribution in [1.29, 1.82) is 0 Å². The molecule has 0 heterocycles. The van der Waals surface area contributed by atoms with Gasteiger partial charge in [0.1, 0.15) is 17.9 Å². The maximum absolute atomic E-state index is 13.1. The van der Waals surface area contributed by atoms with Crippen molar-refractivity contribution in [3.63, 3.8) is 0 Å². The molecule has 0 aromatic heterocycles. The number of halogens is 1. The first-order chi connectivity index (χ1) is 16.6. The zero-order valence-electron chi connectivity index (χ0n) is 19.2. The van der Waals surface area contributed by atoms with Gasteiger partial charge in [-0.3, -0.25) is 23.7 Å². The topological polar surface area (TPSA) is 229 Å². The molecule has 1 rings (SSSR count). The lowest BCUT2D eigenvalue weighted by Gasteiger charge is -2.25. The predicted octanol–water partition coefficient (Wildman–Crippen LogP) is 0.174. The second-order valence-corrected chi connectivity index (χ2v) is 9.43. The second-order valence-electron chi connectivity index (χ2n) is 7.87. The number of amides is 2. The smallest absolute Gasteiger partial charge is 0.403 e. The molecular formula is C20H27FN3O11P. The van der Waals surface area contributed by atoms with Gasteiger partial charge in [-0.2, -0.15) is 0 Å². The van der Waals surface area contributed by atoms with E-state index < -0.39 is 86.8 Å². The Morgan fingerprint density at radius 1 is 0.972 bits per heavy atom. The van der Waals surface area contributed by atoms with E-state index in [2.05, 4.69) is 15.2 Å². The van der Waals surface area contributed by atoms with Gasteiger partial charge in [-0.1, -0.05) is 13.8 Å². The number of benzene rings is 1. The monoisotopic (exact) mass is 535 g/mol. The Hall–Kier alpha value is -3.39. The SMILES string of the molecule is CC(C)[C@H](NC(=O)c1ccc(F)cc1)C(=O)N[C@@H](COP(=O)(O)N[C@@H](CCC(=O)O)C(=O)O)C(=O)O.